The summed E-state index contributed by atoms with van der Waals surface area (Å²) in [5, 5.41) is 3.50. The molecule has 3 nitrogen and oxygen atoms in total. The van der Waals surface area contributed by atoms with Crippen LogP contribution in [0.25, 0.3) is 0 Å². The van der Waals surface area contributed by atoms with E-state index in [9.17, 15) is 0 Å². The van der Waals surface area contributed by atoms with Crippen molar-refractivity contribution in [2.75, 3.05) is 36.9 Å². The average molecular weight is 259 g/mol. The highest BCUT2D eigenvalue weighted by Crippen LogP contribution is 2.32. The zero-order valence-corrected chi connectivity index (χ0v) is 12.5. The maximum atomic E-state index is 3.50. The van der Waals surface area contributed by atoms with E-state index in [0.29, 0.717) is 12.1 Å². The van der Waals surface area contributed by atoms with Gasteiger partial charge >= 0.3 is 0 Å². The van der Waals surface area contributed by atoms with E-state index in [0.717, 1.165) is 19.6 Å². The minimum atomic E-state index is 0.615. The standard InChI is InChI=1S/C16H25N3/c1-11-7-14-5-6-17-15(14)8-16(11)19-9-12(2)18(4)13(3)10-19/h7-8,12-13,17H,5-6,9-10H2,1-4H3. The first-order valence-electron chi connectivity index (χ1n) is 7.40. The molecule has 0 bridgehead atoms. The largest absolute Gasteiger partial charge is 0.384 e. The van der Waals surface area contributed by atoms with Crippen molar-refractivity contribution in [3.05, 3.63) is 23.3 Å². The summed E-state index contributed by atoms with van der Waals surface area (Å²) in [4.78, 5) is 5.04. The molecule has 1 aromatic rings. The highest BCUT2D eigenvalue weighted by atomic mass is 15.3. The number of anilines is 2. The Morgan fingerprint density at radius 3 is 2.53 bits per heavy atom. The molecule has 2 unspecified atom stereocenters. The van der Waals surface area contributed by atoms with Crippen molar-refractivity contribution in [3.63, 3.8) is 0 Å². The molecule has 2 atom stereocenters. The maximum absolute atomic E-state index is 3.50. The van der Waals surface area contributed by atoms with Gasteiger partial charge in [0.05, 0.1) is 0 Å². The van der Waals surface area contributed by atoms with Gasteiger partial charge in [-0.15, -0.1) is 0 Å². The van der Waals surface area contributed by atoms with Gasteiger partial charge in [-0.3, -0.25) is 4.90 Å². The lowest BCUT2D eigenvalue weighted by atomic mass is 10.0. The fraction of sp³-hybridized carbons (Fsp3) is 0.625. The van der Waals surface area contributed by atoms with Crippen molar-refractivity contribution in [1.29, 1.82) is 0 Å². The molecule has 0 radical (unpaired) electrons. The van der Waals surface area contributed by atoms with Crippen LogP contribution in [0, 0.1) is 6.92 Å². The topological polar surface area (TPSA) is 18.5 Å². The van der Waals surface area contributed by atoms with Crippen LogP contribution >= 0.6 is 0 Å². The second kappa shape index (κ2) is 4.71. The molecule has 2 heterocycles. The van der Waals surface area contributed by atoms with Gasteiger partial charge in [0, 0.05) is 43.1 Å². The lowest BCUT2D eigenvalue weighted by Gasteiger charge is -2.44. The molecular formula is C16H25N3. The average Bonchev–Trinajstić information content (AvgIpc) is 2.81. The third-order valence-electron chi connectivity index (χ3n) is 4.83. The number of nitrogens with zero attached hydrogens (tertiary/aromatic N) is 2. The molecule has 104 valence electrons. The van der Waals surface area contributed by atoms with Crippen molar-refractivity contribution < 1.29 is 0 Å². The van der Waals surface area contributed by atoms with Crippen LogP contribution in [-0.4, -0.2) is 43.7 Å². The summed E-state index contributed by atoms with van der Waals surface area (Å²) in [6, 6.07) is 5.97. The van der Waals surface area contributed by atoms with Gasteiger partial charge in [0.25, 0.3) is 0 Å². The van der Waals surface area contributed by atoms with Crippen LogP contribution in [0.5, 0.6) is 0 Å². The number of rotatable bonds is 1. The van der Waals surface area contributed by atoms with Crippen molar-refractivity contribution in [1.82, 2.24) is 4.90 Å². The van der Waals surface area contributed by atoms with E-state index in [1.54, 1.807) is 0 Å². The fourth-order valence-electron chi connectivity index (χ4n) is 3.40. The molecule has 3 heteroatoms. The molecule has 0 amide bonds. The first-order valence-corrected chi connectivity index (χ1v) is 7.40. The van der Waals surface area contributed by atoms with Gasteiger partial charge in [0.15, 0.2) is 0 Å². The lowest BCUT2D eigenvalue weighted by molar-refractivity contribution is 0.170. The summed E-state index contributed by atoms with van der Waals surface area (Å²) < 4.78 is 0. The van der Waals surface area contributed by atoms with E-state index in [-0.39, 0.29) is 0 Å². The summed E-state index contributed by atoms with van der Waals surface area (Å²) in [6.07, 6.45) is 1.17. The van der Waals surface area contributed by atoms with Gasteiger partial charge in [-0.2, -0.15) is 0 Å². The minimum absolute atomic E-state index is 0.615. The van der Waals surface area contributed by atoms with Crippen LogP contribution in [0.2, 0.25) is 0 Å². The zero-order chi connectivity index (χ0) is 13.6. The number of fused-ring (bicyclic) bond motifs is 1. The smallest absolute Gasteiger partial charge is 0.0417 e. The zero-order valence-electron chi connectivity index (χ0n) is 12.5. The summed E-state index contributed by atoms with van der Waals surface area (Å²) in [5.74, 6) is 0. The van der Waals surface area contributed by atoms with Gasteiger partial charge in [-0.1, -0.05) is 6.07 Å². The fourth-order valence-corrected chi connectivity index (χ4v) is 3.40. The van der Waals surface area contributed by atoms with E-state index in [4.69, 9.17) is 0 Å². The molecule has 19 heavy (non-hydrogen) atoms. The minimum Gasteiger partial charge on any atom is -0.384 e. The first kappa shape index (κ1) is 12.8. The van der Waals surface area contributed by atoms with Crippen molar-refractivity contribution >= 4 is 11.4 Å². The van der Waals surface area contributed by atoms with Crippen molar-refractivity contribution in [2.24, 2.45) is 0 Å². The Morgan fingerprint density at radius 2 is 1.84 bits per heavy atom. The third kappa shape index (κ3) is 2.20. The second-order valence-corrected chi connectivity index (χ2v) is 6.24. The van der Waals surface area contributed by atoms with Crippen LogP contribution in [0.1, 0.15) is 25.0 Å². The number of hydrogen-bond donors (Lipinski definition) is 1. The molecule has 2 aliphatic heterocycles. The number of nitrogens with one attached hydrogen (secondary N) is 1. The lowest BCUT2D eigenvalue weighted by Crippen LogP contribution is -2.55. The number of likely N-dealkylation sites (N-methyl/N-ethyl adjacent to an activating group) is 1. The van der Waals surface area contributed by atoms with Crippen LogP contribution < -0.4 is 10.2 Å². The molecular weight excluding hydrogens is 234 g/mol. The van der Waals surface area contributed by atoms with E-state index < -0.39 is 0 Å². The monoisotopic (exact) mass is 259 g/mol. The van der Waals surface area contributed by atoms with E-state index in [1.807, 2.05) is 0 Å². The summed E-state index contributed by atoms with van der Waals surface area (Å²) in [7, 11) is 2.24. The van der Waals surface area contributed by atoms with Crippen molar-refractivity contribution in [2.45, 2.75) is 39.3 Å². The molecule has 0 aliphatic carbocycles. The maximum Gasteiger partial charge on any atom is 0.0417 e. The van der Waals surface area contributed by atoms with Crippen molar-refractivity contribution in [3.8, 4) is 0 Å². The van der Waals surface area contributed by atoms with Crippen LogP contribution in [0.3, 0.4) is 0 Å². The molecule has 1 N–H and O–H groups in total. The van der Waals surface area contributed by atoms with E-state index in [2.05, 4.69) is 55.1 Å². The Bertz CT molecular complexity index is 471. The van der Waals surface area contributed by atoms with E-state index in [1.165, 1.54) is 28.9 Å². The summed E-state index contributed by atoms with van der Waals surface area (Å²) in [6.45, 7) is 10.2. The van der Waals surface area contributed by atoms with Gasteiger partial charge in [-0.05, 0) is 51.4 Å². The Labute approximate surface area is 116 Å². The van der Waals surface area contributed by atoms with Gasteiger partial charge in [-0.25, -0.2) is 0 Å². The quantitative estimate of drug-likeness (QED) is 0.836. The highest BCUT2D eigenvalue weighted by molar-refractivity contribution is 5.68. The van der Waals surface area contributed by atoms with Gasteiger partial charge < -0.3 is 10.2 Å². The molecule has 0 saturated carbocycles. The van der Waals surface area contributed by atoms with Gasteiger partial charge in [0.2, 0.25) is 0 Å². The van der Waals surface area contributed by atoms with Crippen LogP contribution in [-0.2, 0) is 6.42 Å². The third-order valence-corrected chi connectivity index (χ3v) is 4.83. The summed E-state index contributed by atoms with van der Waals surface area (Å²) in [5.41, 5.74) is 5.67. The molecule has 1 fully saturated rings. The Hall–Kier alpha value is -1.22. The number of piperazine rings is 1. The Morgan fingerprint density at radius 1 is 1.16 bits per heavy atom. The number of hydrogen-bond acceptors (Lipinski definition) is 3. The Balaban J connectivity index is 1.90. The molecule has 0 aromatic heterocycles. The first-order chi connectivity index (χ1) is 9.06. The highest BCUT2D eigenvalue weighted by Gasteiger charge is 2.28. The summed E-state index contributed by atoms with van der Waals surface area (Å²) >= 11 is 0. The second-order valence-electron chi connectivity index (χ2n) is 6.24. The van der Waals surface area contributed by atoms with Crippen LogP contribution in [0.4, 0.5) is 11.4 Å². The molecule has 1 aromatic carbocycles. The van der Waals surface area contributed by atoms with Crippen LogP contribution in [0.15, 0.2) is 12.1 Å². The van der Waals surface area contributed by atoms with Gasteiger partial charge in [0.1, 0.15) is 0 Å². The molecule has 0 spiro atoms. The predicted octanol–water partition coefficient (Wildman–Crippen LogP) is 2.49. The normalized spacial score (nSPS) is 27.3. The SMILES string of the molecule is Cc1cc2c(cc1N1CC(C)N(C)C(C)C1)NCC2. The molecule has 1 saturated heterocycles. The number of benzene rings is 1. The molecule has 3 rings (SSSR count). The predicted molar refractivity (Wildman–Crippen MR) is 82.3 cm³/mol. The number of aryl methyl sites for hydroxylation is 1. The molecule has 2 aliphatic rings. The Kier molecular flexibility index (Phi) is 3.17. The van der Waals surface area contributed by atoms with E-state index >= 15 is 0 Å².